The van der Waals surface area contributed by atoms with Gasteiger partial charge in [-0.3, -0.25) is 14.5 Å². The van der Waals surface area contributed by atoms with Crippen molar-refractivity contribution in [2.24, 2.45) is 0 Å². The van der Waals surface area contributed by atoms with Crippen molar-refractivity contribution >= 4 is 15.7 Å². The minimum Gasteiger partial charge on any atom is -0.317 e. The van der Waals surface area contributed by atoms with E-state index in [0.717, 1.165) is 19.5 Å². The Balaban J connectivity index is 1.97. The highest BCUT2D eigenvalue weighted by atomic mass is 32.2. The molecule has 0 atom stereocenters. The van der Waals surface area contributed by atoms with Gasteiger partial charge in [-0.2, -0.15) is 10.2 Å². The van der Waals surface area contributed by atoms with Gasteiger partial charge in [-0.1, -0.05) is 6.92 Å². The summed E-state index contributed by atoms with van der Waals surface area (Å²) in [4.78, 5) is 0.141. The number of rotatable bonds is 8. The number of hydrogen-bond acceptors (Lipinski definition) is 5. The third kappa shape index (κ3) is 3.81. The molecule has 0 radical (unpaired) electrons. The van der Waals surface area contributed by atoms with Gasteiger partial charge in [-0.25, -0.2) is 8.42 Å². The highest BCUT2D eigenvalue weighted by Gasteiger charge is 2.16. The van der Waals surface area contributed by atoms with Gasteiger partial charge in [0.1, 0.15) is 4.90 Å². The van der Waals surface area contributed by atoms with Gasteiger partial charge < -0.3 is 5.32 Å². The van der Waals surface area contributed by atoms with Crippen LogP contribution in [0.5, 0.6) is 0 Å². The Hall–Kier alpha value is -1.87. The molecule has 110 valence electrons. The predicted molar refractivity (Wildman–Crippen MR) is 74.8 cm³/mol. The number of aromatic amines is 1. The molecule has 0 aromatic carbocycles. The molecule has 3 N–H and O–H groups in total. The Labute approximate surface area is 117 Å². The van der Waals surface area contributed by atoms with Gasteiger partial charge in [0.2, 0.25) is 0 Å². The van der Waals surface area contributed by atoms with Crippen molar-refractivity contribution in [3.63, 3.8) is 0 Å². The molecule has 20 heavy (non-hydrogen) atoms. The van der Waals surface area contributed by atoms with E-state index in [0.29, 0.717) is 12.2 Å². The first-order valence-electron chi connectivity index (χ1n) is 6.36. The van der Waals surface area contributed by atoms with E-state index in [1.165, 1.54) is 24.8 Å². The number of aryl methyl sites for hydroxylation is 1. The molecule has 0 bridgehead atoms. The van der Waals surface area contributed by atoms with Crippen molar-refractivity contribution < 1.29 is 8.42 Å². The molecule has 2 aromatic rings. The Morgan fingerprint density at radius 1 is 1.40 bits per heavy atom. The molecule has 0 spiro atoms. The quantitative estimate of drug-likeness (QED) is 0.612. The highest BCUT2D eigenvalue weighted by Crippen LogP contribution is 2.13. The van der Waals surface area contributed by atoms with E-state index < -0.39 is 10.0 Å². The van der Waals surface area contributed by atoms with Gasteiger partial charge in [0.25, 0.3) is 10.0 Å². The van der Waals surface area contributed by atoms with Crippen LogP contribution in [0.15, 0.2) is 29.7 Å². The first-order valence-corrected chi connectivity index (χ1v) is 7.85. The summed E-state index contributed by atoms with van der Waals surface area (Å²) in [6.07, 6.45) is 6.63. The number of aromatic nitrogens is 4. The van der Waals surface area contributed by atoms with Crippen LogP contribution in [0.3, 0.4) is 0 Å². The second kappa shape index (κ2) is 6.53. The molecule has 0 fully saturated rings. The standard InChI is InChI=1S/C11H18N6O2S/c1-2-12-4-3-5-17-9-11(8-15-17)20(18,19)16-10-6-13-14-7-10/h6-9,12,16H,2-5H2,1H3,(H,13,14). The molecular weight excluding hydrogens is 280 g/mol. The van der Waals surface area contributed by atoms with Crippen LogP contribution in [0.1, 0.15) is 13.3 Å². The molecular formula is C11H18N6O2S. The molecule has 2 aromatic heterocycles. The zero-order valence-electron chi connectivity index (χ0n) is 11.2. The molecule has 2 rings (SSSR count). The molecule has 0 aliphatic heterocycles. The summed E-state index contributed by atoms with van der Waals surface area (Å²) in [5.74, 6) is 0. The van der Waals surface area contributed by atoms with Gasteiger partial charge in [0.15, 0.2) is 0 Å². The number of nitrogens with zero attached hydrogens (tertiary/aromatic N) is 3. The number of anilines is 1. The molecule has 0 aliphatic carbocycles. The summed E-state index contributed by atoms with van der Waals surface area (Å²) in [6.45, 7) is 4.52. The Morgan fingerprint density at radius 3 is 2.95 bits per heavy atom. The summed E-state index contributed by atoms with van der Waals surface area (Å²) in [7, 11) is -3.61. The normalized spacial score (nSPS) is 11.7. The molecule has 0 amide bonds. The van der Waals surface area contributed by atoms with E-state index in [2.05, 4.69) is 25.3 Å². The van der Waals surface area contributed by atoms with Crippen LogP contribution >= 0.6 is 0 Å². The van der Waals surface area contributed by atoms with Gasteiger partial charge in [-0.05, 0) is 19.5 Å². The van der Waals surface area contributed by atoms with Gasteiger partial charge in [0.05, 0.1) is 18.1 Å². The average molecular weight is 298 g/mol. The highest BCUT2D eigenvalue weighted by molar-refractivity contribution is 7.92. The lowest BCUT2D eigenvalue weighted by atomic mass is 10.4. The fraction of sp³-hybridized carbons (Fsp3) is 0.455. The topological polar surface area (TPSA) is 105 Å². The number of H-pyrrole nitrogens is 1. The molecule has 2 heterocycles. The lowest BCUT2D eigenvalue weighted by Gasteiger charge is -2.03. The minimum absolute atomic E-state index is 0.141. The van der Waals surface area contributed by atoms with Crippen LogP contribution in [0, 0.1) is 0 Å². The fourth-order valence-corrected chi connectivity index (χ4v) is 2.66. The van der Waals surface area contributed by atoms with Crippen molar-refractivity contribution in [3.05, 3.63) is 24.8 Å². The molecule has 8 nitrogen and oxygen atoms in total. The van der Waals surface area contributed by atoms with E-state index in [1.807, 2.05) is 6.92 Å². The SMILES string of the molecule is CCNCCCn1cc(S(=O)(=O)Nc2cn[nH]c2)cn1. The third-order valence-electron chi connectivity index (χ3n) is 2.66. The number of sulfonamides is 1. The Bertz CT molecular complexity index is 619. The largest absolute Gasteiger partial charge is 0.317 e. The molecule has 0 unspecified atom stereocenters. The number of nitrogens with one attached hydrogen (secondary N) is 3. The van der Waals surface area contributed by atoms with Crippen molar-refractivity contribution in [2.75, 3.05) is 17.8 Å². The van der Waals surface area contributed by atoms with Crippen LogP contribution in [-0.2, 0) is 16.6 Å². The van der Waals surface area contributed by atoms with Crippen molar-refractivity contribution in [1.29, 1.82) is 0 Å². The molecule has 0 saturated heterocycles. The molecule has 0 aliphatic rings. The van der Waals surface area contributed by atoms with Crippen LogP contribution in [0.2, 0.25) is 0 Å². The first-order chi connectivity index (χ1) is 9.62. The van der Waals surface area contributed by atoms with Crippen LogP contribution in [0.4, 0.5) is 5.69 Å². The van der Waals surface area contributed by atoms with Crippen LogP contribution in [-0.4, -0.2) is 41.5 Å². The second-order valence-electron chi connectivity index (χ2n) is 4.24. The zero-order valence-corrected chi connectivity index (χ0v) is 12.0. The summed E-state index contributed by atoms with van der Waals surface area (Å²) < 4.78 is 28.2. The maximum absolute atomic E-state index is 12.1. The van der Waals surface area contributed by atoms with E-state index in [-0.39, 0.29) is 4.90 Å². The zero-order chi connectivity index (χ0) is 14.4. The summed E-state index contributed by atoms with van der Waals surface area (Å²) >= 11 is 0. The van der Waals surface area contributed by atoms with Crippen LogP contribution in [0.25, 0.3) is 0 Å². The van der Waals surface area contributed by atoms with Gasteiger partial charge in [0, 0.05) is 18.9 Å². The van der Waals surface area contributed by atoms with E-state index in [9.17, 15) is 8.42 Å². The van der Waals surface area contributed by atoms with Gasteiger partial charge >= 0.3 is 0 Å². The van der Waals surface area contributed by atoms with E-state index in [4.69, 9.17) is 0 Å². The maximum Gasteiger partial charge on any atom is 0.265 e. The van der Waals surface area contributed by atoms with Gasteiger partial charge in [-0.15, -0.1) is 0 Å². The molecule has 0 saturated carbocycles. The Morgan fingerprint density at radius 2 is 2.25 bits per heavy atom. The summed E-state index contributed by atoms with van der Waals surface area (Å²) in [5.41, 5.74) is 0.393. The fourth-order valence-electron chi connectivity index (χ4n) is 1.67. The van der Waals surface area contributed by atoms with Crippen molar-refractivity contribution in [3.8, 4) is 0 Å². The maximum atomic E-state index is 12.1. The average Bonchev–Trinajstić information content (AvgIpc) is 3.05. The van der Waals surface area contributed by atoms with E-state index >= 15 is 0 Å². The minimum atomic E-state index is -3.61. The first kappa shape index (κ1) is 14.5. The summed E-state index contributed by atoms with van der Waals surface area (Å²) in [6, 6.07) is 0. The number of hydrogen-bond donors (Lipinski definition) is 3. The van der Waals surface area contributed by atoms with Crippen molar-refractivity contribution in [1.82, 2.24) is 25.3 Å². The lowest BCUT2D eigenvalue weighted by Crippen LogP contribution is -2.16. The predicted octanol–water partition coefficient (Wildman–Crippen LogP) is 0.407. The smallest absolute Gasteiger partial charge is 0.265 e. The van der Waals surface area contributed by atoms with Crippen molar-refractivity contribution in [2.45, 2.75) is 24.8 Å². The monoisotopic (exact) mass is 298 g/mol. The third-order valence-corrected chi connectivity index (χ3v) is 4.00. The van der Waals surface area contributed by atoms with Crippen LogP contribution < -0.4 is 10.0 Å². The summed E-state index contributed by atoms with van der Waals surface area (Å²) in [5, 5.41) is 13.5. The van der Waals surface area contributed by atoms with E-state index in [1.54, 1.807) is 4.68 Å². The lowest BCUT2D eigenvalue weighted by molar-refractivity contribution is 0.549. The second-order valence-corrected chi connectivity index (χ2v) is 5.92. The Kier molecular flexibility index (Phi) is 4.74. The molecule has 9 heteroatoms.